The van der Waals surface area contributed by atoms with E-state index in [0.29, 0.717) is 5.69 Å². The van der Waals surface area contributed by atoms with E-state index in [0.717, 1.165) is 24.6 Å². The van der Waals surface area contributed by atoms with Crippen LogP contribution in [0.5, 0.6) is 0 Å². The first-order valence-corrected chi connectivity index (χ1v) is 6.61. The molecule has 1 N–H and O–H groups in total. The van der Waals surface area contributed by atoms with Crippen LogP contribution in [0, 0.1) is 6.92 Å². The zero-order valence-corrected chi connectivity index (χ0v) is 11.6. The van der Waals surface area contributed by atoms with Gasteiger partial charge in [-0.05, 0) is 25.1 Å². The third-order valence-corrected chi connectivity index (χ3v) is 3.54. The minimum absolute atomic E-state index is 0.112. The number of aromatic nitrogens is 3. The lowest BCUT2D eigenvalue weighted by Gasteiger charge is -2.40. The van der Waals surface area contributed by atoms with Crippen molar-refractivity contribution in [2.45, 2.75) is 13.0 Å². The fourth-order valence-electron chi connectivity index (χ4n) is 2.23. The van der Waals surface area contributed by atoms with Crippen molar-refractivity contribution in [1.29, 1.82) is 0 Å². The molecule has 1 aliphatic rings. The third kappa shape index (κ3) is 2.36. The molecule has 2 aromatic heterocycles. The summed E-state index contributed by atoms with van der Waals surface area (Å²) in [4.78, 5) is 18.5. The molecule has 0 aromatic carbocycles. The third-order valence-electron chi connectivity index (χ3n) is 3.54. The lowest BCUT2D eigenvalue weighted by Crippen LogP contribution is -2.59. The lowest BCUT2D eigenvalue weighted by atomic mass is 10.1. The number of nitrogens with one attached hydrogen (secondary N) is 1. The maximum Gasteiger partial charge on any atom is 0.272 e. The standard InChI is InChI=1S/C14H17N5O/c1-10-7-12(17-18(10)2)14(20)16-11-8-19(9-11)13-5-3-4-6-15-13/h3-7,11H,8-9H2,1-2H3,(H,16,20). The summed E-state index contributed by atoms with van der Waals surface area (Å²) in [6, 6.07) is 7.79. The summed E-state index contributed by atoms with van der Waals surface area (Å²) in [5.41, 5.74) is 1.44. The van der Waals surface area contributed by atoms with Crippen LogP contribution in [0.2, 0.25) is 0 Å². The van der Waals surface area contributed by atoms with Gasteiger partial charge in [-0.2, -0.15) is 5.10 Å². The second-order valence-electron chi connectivity index (χ2n) is 5.06. The molecule has 3 heterocycles. The van der Waals surface area contributed by atoms with Crippen LogP contribution in [0.4, 0.5) is 5.82 Å². The number of rotatable bonds is 3. The Hall–Kier alpha value is -2.37. The van der Waals surface area contributed by atoms with E-state index in [9.17, 15) is 4.79 Å². The molecule has 1 fully saturated rings. The molecule has 1 saturated heterocycles. The van der Waals surface area contributed by atoms with Crippen LogP contribution in [-0.2, 0) is 7.05 Å². The number of pyridine rings is 1. The smallest absolute Gasteiger partial charge is 0.272 e. The summed E-state index contributed by atoms with van der Waals surface area (Å²) in [6.45, 7) is 3.50. The number of amides is 1. The monoisotopic (exact) mass is 271 g/mol. The van der Waals surface area contributed by atoms with Gasteiger partial charge in [0.2, 0.25) is 0 Å². The Kier molecular flexibility index (Phi) is 3.14. The van der Waals surface area contributed by atoms with Crippen LogP contribution >= 0.6 is 0 Å². The molecule has 0 aliphatic carbocycles. The van der Waals surface area contributed by atoms with Gasteiger partial charge in [0.15, 0.2) is 0 Å². The number of nitrogens with zero attached hydrogens (tertiary/aromatic N) is 4. The van der Waals surface area contributed by atoms with Crippen molar-refractivity contribution >= 4 is 11.7 Å². The summed E-state index contributed by atoms with van der Waals surface area (Å²) < 4.78 is 1.70. The zero-order valence-electron chi connectivity index (χ0n) is 11.6. The number of hydrogen-bond acceptors (Lipinski definition) is 4. The zero-order chi connectivity index (χ0) is 14.1. The largest absolute Gasteiger partial charge is 0.352 e. The minimum atomic E-state index is -0.112. The predicted octanol–water partition coefficient (Wildman–Crippen LogP) is 0.742. The van der Waals surface area contributed by atoms with Gasteiger partial charge in [-0.15, -0.1) is 0 Å². The molecule has 0 spiro atoms. The Balaban J connectivity index is 1.55. The average molecular weight is 271 g/mol. The molecular weight excluding hydrogens is 254 g/mol. The van der Waals surface area contributed by atoms with Crippen molar-refractivity contribution in [2.24, 2.45) is 7.05 Å². The van der Waals surface area contributed by atoms with Gasteiger partial charge in [0.25, 0.3) is 5.91 Å². The van der Waals surface area contributed by atoms with E-state index in [4.69, 9.17) is 0 Å². The highest BCUT2D eigenvalue weighted by atomic mass is 16.2. The van der Waals surface area contributed by atoms with Crippen LogP contribution in [0.1, 0.15) is 16.2 Å². The van der Waals surface area contributed by atoms with Crippen molar-refractivity contribution in [3.8, 4) is 0 Å². The molecule has 0 radical (unpaired) electrons. The van der Waals surface area contributed by atoms with Crippen LogP contribution in [0.15, 0.2) is 30.5 Å². The Morgan fingerprint density at radius 2 is 2.20 bits per heavy atom. The van der Waals surface area contributed by atoms with Crippen LogP contribution in [0.3, 0.4) is 0 Å². The Morgan fingerprint density at radius 3 is 2.80 bits per heavy atom. The SMILES string of the molecule is Cc1cc(C(=O)NC2CN(c3ccccn3)C2)nn1C. The van der Waals surface area contributed by atoms with E-state index in [1.807, 2.05) is 32.2 Å². The van der Waals surface area contributed by atoms with Crippen LogP contribution in [0.25, 0.3) is 0 Å². The number of carbonyl (C=O) groups excluding carboxylic acids is 1. The van der Waals surface area contributed by atoms with Crippen LogP contribution < -0.4 is 10.2 Å². The molecule has 2 aromatic rings. The van der Waals surface area contributed by atoms with Crippen molar-refractivity contribution in [3.63, 3.8) is 0 Å². The van der Waals surface area contributed by atoms with Gasteiger partial charge in [-0.25, -0.2) is 4.98 Å². The van der Waals surface area contributed by atoms with Gasteiger partial charge in [-0.1, -0.05) is 6.07 Å². The summed E-state index contributed by atoms with van der Waals surface area (Å²) in [7, 11) is 1.83. The van der Waals surface area contributed by atoms with E-state index in [-0.39, 0.29) is 11.9 Å². The van der Waals surface area contributed by atoms with Gasteiger partial charge < -0.3 is 10.2 Å². The molecule has 20 heavy (non-hydrogen) atoms. The van der Waals surface area contributed by atoms with E-state index in [1.54, 1.807) is 16.9 Å². The van der Waals surface area contributed by atoms with E-state index < -0.39 is 0 Å². The molecular formula is C14H17N5O. The van der Waals surface area contributed by atoms with E-state index in [2.05, 4.69) is 20.3 Å². The highest BCUT2D eigenvalue weighted by molar-refractivity contribution is 5.92. The second kappa shape index (κ2) is 4.96. The summed E-state index contributed by atoms with van der Waals surface area (Å²) >= 11 is 0. The molecule has 3 rings (SSSR count). The number of anilines is 1. The second-order valence-corrected chi connectivity index (χ2v) is 5.06. The normalized spacial score (nSPS) is 15.0. The van der Waals surface area contributed by atoms with Gasteiger partial charge in [0.1, 0.15) is 11.5 Å². The number of aryl methyl sites for hydroxylation is 2. The molecule has 1 amide bonds. The minimum Gasteiger partial charge on any atom is -0.352 e. The van der Waals surface area contributed by atoms with Gasteiger partial charge in [0, 0.05) is 32.0 Å². The number of carbonyl (C=O) groups is 1. The maximum absolute atomic E-state index is 12.0. The topological polar surface area (TPSA) is 63.1 Å². The maximum atomic E-state index is 12.0. The molecule has 6 nitrogen and oxygen atoms in total. The quantitative estimate of drug-likeness (QED) is 0.894. The van der Waals surface area contributed by atoms with Crippen molar-refractivity contribution < 1.29 is 4.79 Å². The number of hydrogen-bond donors (Lipinski definition) is 1. The molecule has 6 heteroatoms. The van der Waals surface area contributed by atoms with Crippen molar-refractivity contribution in [2.75, 3.05) is 18.0 Å². The van der Waals surface area contributed by atoms with Gasteiger partial charge in [0.05, 0.1) is 6.04 Å². The predicted molar refractivity (Wildman–Crippen MR) is 75.6 cm³/mol. The lowest BCUT2D eigenvalue weighted by molar-refractivity contribution is 0.0924. The highest BCUT2D eigenvalue weighted by Gasteiger charge is 2.29. The van der Waals surface area contributed by atoms with E-state index >= 15 is 0 Å². The fraction of sp³-hybridized carbons (Fsp3) is 0.357. The Morgan fingerprint density at radius 1 is 1.40 bits per heavy atom. The Labute approximate surface area is 117 Å². The molecule has 104 valence electrons. The Bertz CT molecular complexity index is 596. The molecule has 0 saturated carbocycles. The molecule has 0 atom stereocenters. The fourth-order valence-corrected chi connectivity index (χ4v) is 2.23. The van der Waals surface area contributed by atoms with Crippen molar-refractivity contribution in [3.05, 3.63) is 41.9 Å². The summed E-state index contributed by atoms with van der Waals surface area (Å²) in [5, 5.41) is 7.17. The first-order chi connectivity index (χ1) is 9.63. The first-order valence-electron chi connectivity index (χ1n) is 6.61. The average Bonchev–Trinajstić information content (AvgIpc) is 2.74. The molecule has 0 unspecified atom stereocenters. The van der Waals surface area contributed by atoms with Gasteiger partial charge >= 0.3 is 0 Å². The van der Waals surface area contributed by atoms with Gasteiger partial charge in [-0.3, -0.25) is 9.48 Å². The van der Waals surface area contributed by atoms with Crippen molar-refractivity contribution in [1.82, 2.24) is 20.1 Å². The molecule has 1 aliphatic heterocycles. The highest BCUT2D eigenvalue weighted by Crippen LogP contribution is 2.17. The first kappa shape index (κ1) is 12.7. The van der Waals surface area contributed by atoms with E-state index in [1.165, 1.54) is 0 Å². The molecule has 0 bridgehead atoms. The summed E-state index contributed by atoms with van der Waals surface area (Å²) in [5.74, 6) is 0.839. The summed E-state index contributed by atoms with van der Waals surface area (Å²) in [6.07, 6.45) is 1.78. The van der Waals surface area contributed by atoms with Crippen LogP contribution in [-0.4, -0.2) is 39.8 Å².